The van der Waals surface area contributed by atoms with E-state index in [0.717, 1.165) is 19.4 Å². The van der Waals surface area contributed by atoms with Crippen LogP contribution in [0.1, 0.15) is 32.6 Å². The first-order valence-electron chi connectivity index (χ1n) is 4.66. The summed E-state index contributed by atoms with van der Waals surface area (Å²) in [6.45, 7) is 7.30. The molecule has 0 aromatic heterocycles. The number of rotatable bonds is 5. The summed E-state index contributed by atoms with van der Waals surface area (Å²) in [5.74, 6) is 6.26. The third kappa shape index (κ3) is 9.74. The molecular formula is C10H19OSi. The van der Waals surface area contributed by atoms with E-state index in [-0.39, 0.29) is 0 Å². The molecule has 0 N–H and O–H groups in total. The van der Waals surface area contributed by atoms with Gasteiger partial charge in [0.2, 0.25) is 9.04 Å². The van der Waals surface area contributed by atoms with E-state index in [2.05, 4.69) is 31.9 Å². The maximum Gasteiger partial charge on any atom is 0.204 e. The Bertz CT molecular complexity index is 144. The predicted octanol–water partition coefficient (Wildman–Crippen LogP) is 2.84. The van der Waals surface area contributed by atoms with E-state index in [0.29, 0.717) is 0 Å². The van der Waals surface area contributed by atoms with Gasteiger partial charge in [-0.2, -0.15) is 0 Å². The van der Waals surface area contributed by atoms with Crippen molar-refractivity contribution in [1.29, 1.82) is 0 Å². The summed E-state index contributed by atoms with van der Waals surface area (Å²) in [6.07, 6.45) is 4.42. The molecule has 0 fully saturated rings. The molecule has 0 saturated heterocycles. The zero-order chi connectivity index (χ0) is 9.23. The minimum atomic E-state index is -0.499. The molecular weight excluding hydrogens is 164 g/mol. The van der Waals surface area contributed by atoms with Gasteiger partial charge in [0.15, 0.2) is 0 Å². The van der Waals surface area contributed by atoms with Gasteiger partial charge in [0, 0.05) is 19.4 Å². The first-order valence-corrected chi connectivity index (χ1v) is 7.07. The van der Waals surface area contributed by atoms with E-state index >= 15 is 0 Å². The van der Waals surface area contributed by atoms with Gasteiger partial charge in [-0.25, -0.2) is 0 Å². The van der Waals surface area contributed by atoms with Crippen LogP contribution >= 0.6 is 0 Å². The summed E-state index contributed by atoms with van der Waals surface area (Å²) in [6, 6.07) is 0. The summed E-state index contributed by atoms with van der Waals surface area (Å²) >= 11 is 0. The Morgan fingerprint density at radius 1 is 1.17 bits per heavy atom. The van der Waals surface area contributed by atoms with Crippen LogP contribution in [0.5, 0.6) is 0 Å². The standard InChI is InChI=1S/C10H19OSi/c1-4-5-6-7-8-9-10-11-12(2)3/h4-6,9-10H2,1-3H3. The van der Waals surface area contributed by atoms with Crippen molar-refractivity contribution >= 4 is 9.04 Å². The molecule has 0 aliphatic carbocycles. The lowest BCUT2D eigenvalue weighted by Gasteiger charge is -2.00. The molecule has 0 rings (SSSR count). The van der Waals surface area contributed by atoms with Crippen molar-refractivity contribution in [3.63, 3.8) is 0 Å². The molecule has 0 amide bonds. The average molecular weight is 183 g/mol. The number of hydrogen-bond acceptors (Lipinski definition) is 1. The lowest BCUT2D eigenvalue weighted by molar-refractivity contribution is 0.336. The largest absolute Gasteiger partial charge is 0.416 e. The van der Waals surface area contributed by atoms with Gasteiger partial charge in [0.05, 0.1) is 0 Å². The Morgan fingerprint density at radius 2 is 1.83 bits per heavy atom. The molecule has 2 heteroatoms. The second-order valence-corrected chi connectivity index (χ2v) is 5.07. The van der Waals surface area contributed by atoms with E-state index in [4.69, 9.17) is 4.43 Å². The molecule has 1 radical (unpaired) electrons. The molecule has 0 bridgehead atoms. The van der Waals surface area contributed by atoms with Crippen LogP contribution in [0.25, 0.3) is 0 Å². The monoisotopic (exact) mass is 183 g/mol. The van der Waals surface area contributed by atoms with E-state index in [1.807, 2.05) is 0 Å². The van der Waals surface area contributed by atoms with Gasteiger partial charge in [-0.05, 0) is 19.5 Å². The van der Waals surface area contributed by atoms with Crippen molar-refractivity contribution in [2.75, 3.05) is 6.61 Å². The van der Waals surface area contributed by atoms with Gasteiger partial charge in [-0.3, -0.25) is 0 Å². The topological polar surface area (TPSA) is 9.23 Å². The minimum Gasteiger partial charge on any atom is -0.416 e. The van der Waals surface area contributed by atoms with Gasteiger partial charge in [0.1, 0.15) is 0 Å². The van der Waals surface area contributed by atoms with Crippen LogP contribution in [-0.4, -0.2) is 15.6 Å². The van der Waals surface area contributed by atoms with Crippen LogP contribution in [0.15, 0.2) is 0 Å². The lowest BCUT2D eigenvalue weighted by Crippen LogP contribution is -2.07. The molecule has 0 unspecified atom stereocenters. The Kier molecular flexibility index (Phi) is 8.64. The summed E-state index contributed by atoms with van der Waals surface area (Å²) < 4.78 is 5.45. The molecule has 0 aromatic rings. The Morgan fingerprint density at radius 3 is 2.42 bits per heavy atom. The van der Waals surface area contributed by atoms with Crippen molar-refractivity contribution in [2.24, 2.45) is 0 Å². The Balaban J connectivity index is 3.10. The average Bonchev–Trinajstić information content (AvgIpc) is 2.02. The molecule has 0 saturated carbocycles. The highest BCUT2D eigenvalue weighted by Crippen LogP contribution is 1.91. The Hall–Kier alpha value is -0.263. The first-order chi connectivity index (χ1) is 5.77. The highest BCUT2D eigenvalue weighted by atomic mass is 28.3. The molecule has 12 heavy (non-hydrogen) atoms. The fourth-order valence-electron chi connectivity index (χ4n) is 0.748. The molecule has 0 heterocycles. The summed E-state index contributed by atoms with van der Waals surface area (Å²) in [5, 5.41) is 0. The van der Waals surface area contributed by atoms with Crippen LogP contribution in [0.2, 0.25) is 13.1 Å². The molecule has 1 nitrogen and oxygen atoms in total. The van der Waals surface area contributed by atoms with E-state index < -0.39 is 9.04 Å². The predicted molar refractivity (Wildman–Crippen MR) is 55.4 cm³/mol. The van der Waals surface area contributed by atoms with Crippen molar-refractivity contribution in [1.82, 2.24) is 0 Å². The van der Waals surface area contributed by atoms with Gasteiger partial charge in [-0.15, -0.1) is 11.8 Å². The van der Waals surface area contributed by atoms with Crippen molar-refractivity contribution in [3.05, 3.63) is 0 Å². The number of hydrogen-bond donors (Lipinski definition) is 0. The number of unbranched alkanes of at least 4 members (excludes halogenated alkanes) is 2. The molecule has 0 aromatic carbocycles. The molecule has 0 aliphatic heterocycles. The smallest absolute Gasteiger partial charge is 0.204 e. The van der Waals surface area contributed by atoms with E-state index in [9.17, 15) is 0 Å². The van der Waals surface area contributed by atoms with Crippen LogP contribution < -0.4 is 0 Å². The SMILES string of the molecule is CCCCC#CCCO[Si](C)C. The van der Waals surface area contributed by atoms with Gasteiger partial charge in [-0.1, -0.05) is 13.3 Å². The second-order valence-electron chi connectivity index (χ2n) is 2.96. The zero-order valence-electron chi connectivity index (χ0n) is 8.44. The van der Waals surface area contributed by atoms with E-state index in [1.54, 1.807) is 0 Å². The minimum absolute atomic E-state index is 0.499. The second kappa shape index (κ2) is 8.83. The van der Waals surface area contributed by atoms with E-state index in [1.165, 1.54) is 12.8 Å². The van der Waals surface area contributed by atoms with Crippen LogP contribution in [-0.2, 0) is 4.43 Å². The summed E-state index contributed by atoms with van der Waals surface area (Å²) in [5.41, 5.74) is 0. The molecule has 0 aliphatic rings. The highest BCUT2D eigenvalue weighted by Gasteiger charge is 1.92. The molecule has 0 spiro atoms. The van der Waals surface area contributed by atoms with Gasteiger partial charge < -0.3 is 4.43 Å². The molecule has 0 atom stereocenters. The maximum atomic E-state index is 5.45. The summed E-state index contributed by atoms with van der Waals surface area (Å²) in [4.78, 5) is 0. The fraction of sp³-hybridized carbons (Fsp3) is 0.800. The normalized spacial score (nSPS) is 9.67. The van der Waals surface area contributed by atoms with Crippen LogP contribution in [0.4, 0.5) is 0 Å². The summed E-state index contributed by atoms with van der Waals surface area (Å²) in [7, 11) is -0.499. The van der Waals surface area contributed by atoms with Crippen molar-refractivity contribution in [3.8, 4) is 11.8 Å². The lowest BCUT2D eigenvalue weighted by atomic mass is 10.2. The third-order valence-corrected chi connectivity index (χ3v) is 2.18. The quantitative estimate of drug-likeness (QED) is 0.362. The third-order valence-electron chi connectivity index (χ3n) is 1.40. The Labute approximate surface area is 78.2 Å². The van der Waals surface area contributed by atoms with Crippen molar-refractivity contribution < 1.29 is 4.43 Å². The van der Waals surface area contributed by atoms with Gasteiger partial charge in [0.25, 0.3) is 0 Å². The molecule has 69 valence electrons. The van der Waals surface area contributed by atoms with Gasteiger partial charge >= 0.3 is 0 Å². The van der Waals surface area contributed by atoms with Crippen LogP contribution in [0.3, 0.4) is 0 Å². The first kappa shape index (κ1) is 11.7. The highest BCUT2D eigenvalue weighted by molar-refractivity contribution is 6.48. The maximum absolute atomic E-state index is 5.45. The van der Waals surface area contributed by atoms with Crippen LogP contribution in [0, 0.1) is 11.8 Å². The van der Waals surface area contributed by atoms with Crippen molar-refractivity contribution in [2.45, 2.75) is 45.7 Å². The fourth-order valence-corrected chi connectivity index (χ4v) is 1.26. The zero-order valence-corrected chi connectivity index (χ0v) is 9.44.